The lowest BCUT2D eigenvalue weighted by molar-refractivity contribution is -0.140. The molecule has 226 valence electrons. The summed E-state index contributed by atoms with van der Waals surface area (Å²) in [6.07, 6.45) is 0.332. The van der Waals surface area contributed by atoms with E-state index < -0.39 is 28.5 Å². The number of carbonyl (C=O) groups is 2. The maximum atomic E-state index is 14.2. The lowest BCUT2D eigenvalue weighted by Crippen LogP contribution is -2.52. The number of nitrogens with zero attached hydrogens (tertiary/aromatic N) is 2. The Labute approximate surface area is 249 Å². The molecule has 0 heterocycles. The van der Waals surface area contributed by atoms with E-state index in [4.69, 9.17) is 9.47 Å². The second-order valence-corrected chi connectivity index (χ2v) is 12.3. The Morgan fingerprint density at radius 3 is 2.24 bits per heavy atom. The Balaban J connectivity index is 2.09. The third-order valence-electron chi connectivity index (χ3n) is 6.80. The zero-order valence-corrected chi connectivity index (χ0v) is 26.0. The molecule has 0 aliphatic carbocycles. The molecule has 0 unspecified atom stereocenters. The molecule has 1 N–H and O–H groups in total. The monoisotopic (exact) mass is 595 g/mol. The second-order valence-electron chi connectivity index (χ2n) is 10.4. The van der Waals surface area contributed by atoms with Gasteiger partial charge in [-0.25, -0.2) is 8.42 Å². The van der Waals surface area contributed by atoms with Crippen molar-refractivity contribution in [1.29, 1.82) is 0 Å². The predicted octanol–water partition coefficient (Wildman–Crippen LogP) is 4.79. The quantitative estimate of drug-likeness (QED) is 0.288. The first-order chi connectivity index (χ1) is 20.0. The fourth-order valence-corrected chi connectivity index (χ4v) is 5.92. The number of amides is 2. The number of ether oxygens (including phenoxy) is 2. The number of methoxy groups -OCH3 is 2. The molecule has 0 aliphatic heterocycles. The van der Waals surface area contributed by atoms with Gasteiger partial charge in [-0.3, -0.25) is 13.9 Å². The number of anilines is 1. The molecule has 9 nitrogen and oxygen atoms in total. The van der Waals surface area contributed by atoms with Crippen molar-refractivity contribution in [3.05, 3.63) is 83.9 Å². The first-order valence-electron chi connectivity index (χ1n) is 13.9. The van der Waals surface area contributed by atoms with E-state index in [2.05, 4.69) is 5.32 Å². The first kappa shape index (κ1) is 32.5. The van der Waals surface area contributed by atoms with Gasteiger partial charge in [-0.05, 0) is 61.2 Å². The van der Waals surface area contributed by atoms with E-state index in [1.807, 2.05) is 33.8 Å². The Bertz CT molecular complexity index is 1460. The molecule has 42 heavy (non-hydrogen) atoms. The maximum absolute atomic E-state index is 14.2. The van der Waals surface area contributed by atoms with E-state index in [9.17, 15) is 18.0 Å². The highest BCUT2D eigenvalue weighted by molar-refractivity contribution is 7.92. The van der Waals surface area contributed by atoms with E-state index in [0.29, 0.717) is 24.5 Å². The summed E-state index contributed by atoms with van der Waals surface area (Å²) in [5.74, 6) is 0.283. The van der Waals surface area contributed by atoms with Gasteiger partial charge in [0.25, 0.3) is 10.0 Å². The first-order valence-corrected chi connectivity index (χ1v) is 15.4. The number of benzene rings is 3. The topological polar surface area (TPSA) is 105 Å². The summed E-state index contributed by atoms with van der Waals surface area (Å²) in [5.41, 5.74) is 1.85. The molecule has 3 aromatic carbocycles. The Morgan fingerprint density at radius 1 is 0.929 bits per heavy atom. The molecule has 10 heteroatoms. The zero-order valence-electron chi connectivity index (χ0n) is 25.2. The van der Waals surface area contributed by atoms with E-state index in [0.717, 1.165) is 15.4 Å². The highest BCUT2D eigenvalue weighted by Crippen LogP contribution is 2.32. The Morgan fingerprint density at radius 2 is 1.62 bits per heavy atom. The highest BCUT2D eigenvalue weighted by atomic mass is 32.2. The van der Waals surface area contributed by atoms with Crippen LogP contribution >= 0.6 is 0 Å². The van der Waals surface area contributed by atoms with Crippen LogP contribution < -0.4 is 19.1 Å². The average molecular weight is 596 g/mol. The summed E-state index contributed by atoms with van der Waals surface area (Å²) < 4.78 is 40.0. The number of hydrogen-bond acceptors (Lipinski definition) is 6. The summed E-state index contributed by atoms with van der Waals surface area (Å²) in [7, 11) is -1.21. The van der Waals surface area contributed by atoms with E-state index in [1.165, 1.54) is 24.1 Å². The lowest BCUT2D eigenvalue weighted by atomic mass is 10.1. The largest absolute Gasteiger partial charge is 0.497 e. The van der Waals surface area contributed by atoms with Gasteiger partial charge >= 0.3 is 0 Å². The summed E-state index contributed by atoms with van der Waals surface area (Å²) in [5, 5.41) is 2.93. The normalized spacial score (nSPS) is 12.0. The molecule has 0 saturated heterocycles. The molecule has 0 aromatic heterocycles. The number of aryl methyl sites for hydroxylation is 1. The van der Waals surface area contributed by atoms with Crippen molar-refractivity contribution in [2.45, 2.75) is 51.6 Å². The smallest absolute Gasteiger partial charge is 0.264 e. The summed E-state index contributed by atoms with van der Waals surface area (Å²) >= 11 is 0. The Kier molecular flexibility index (Phi) is 11.4. The molecule has 0 fully saturated rings. The van der Waals surface area contributed by atoms with Crippen molar-refractivity contribution < 1.29 is 27.5 Å². The van der Waals surface area contributed by atoms with Crippen LogP contribution in [-0.2, 0) is 26.2 Å². The van der Waals surface area contributed by atoms with Crippen LogP contribution in [0.15, 0.2) is 77.7 Å². The van der Waals surface area contributed by atoms with Crippen molar-refractivity contribution in [2.24, 2.45) is 5.92 Å². The van der Waals surface area contributed by atoms with Gasteiger partial charge in [0.2, 0.25) is 11.8 Å². The van der Waals surface area contributed by atoms with Crippen LogP contribution in [0.2, 0.25) is 0 Å². The van der Waals surface area contributed by atoms with Crippen molar-refractivity contribution in [2.75, 3.05) is 31.6 Å². The van der Waals surface area contributed by atoms with Crippen molar-refractivity contribution >= 4 is 27.5 Å². The van der Waals surface area contributed by atoms with E-state index in [-0.39, 0.29) is 29.0 Å². The average Bonchev–Trinajstić information content (AvgIpc) is 2.98. The van der Waals surface area contributed by atoms with Gasteiger partial charge in [0.1, 0.15) is 24.1 Å². The van der Waals surface area contributed by atoms with Crippen molar-refractivity contribution in [3.63, 3.8) is 0 Å². The zero-order chi connectivity index (χ0) is 30.9. The van der Waals surface area contributed by atoms with Crippen LogP contribution in [0.25, 0.3) is 0 Å². The molecule has 0 saturated carbocycles. The molecule has 2 amide bonds. The minimum absolute atomic E-state index is 0.0351. The van der Waals surface area contributed by atoms with Crippen LogP contribution in [0, 0.1) is 12.8 Å². The van der Waals surface area contributed by atoms with Crippen LogP contribution in [0.5, 0.6) is 11.5 Å². The van der Waals surface area contributed by atoms with Crippen LogP contribution in [-0.4, -0.2) is 58.5 Å². The molecule has 3 rings (SSSR count). The van der Waals surface area contributed by atoms with Crippen LogP contribution in [0.3, 0.4) is 0 Å². The highest BCUT2D eigenvalue weighted by Gasteiger charge is 2.34. The number of sulfonamides is 1. The van der Waals surface area contributed by atoms with Crippen LogP contribution in [0.1, 0.15) is 38.3 Å². The fraction of sp³-hybridized carbons (Fsp3) is 0.375. The van der Waals surface area contributed by atoms with Gasteiger partial charge in [-0.1, -0.05) is 62.7 Å². The third-order valence-corrected chi connectivity index (χ3v) is 8.57. The second kappa shape index (κ2) is 14.7. The predicted molar refractivity (Wildman–Crippen MR) is 164 cm³/mol. The number of hydrogen-bond donors (Lipinski definition) is 1. The SMILES string of the molecule is CC[C@@H](C(=O)NCC(C)C)N(Cc1cccc(OC)c1)C(=O)CN(c1ccccc1OC)S(=O)(=O)c1ccc(C)cc1. The summed E-state index contributed by atoms with van der Waals surface area (Å²) in [6.45, 7) is 7.65. The van der Waals surface area contributed by atoms with Gasteiger partial charge < -0.3 is 19.7 Å². The van der Waals surface area contributed by atoms with Crippen molar-refractivity contribution in [1.82, 2.24) is 10.2 Å². The van der Waals surface area contributed by atoms with Gasteiger partial charge in [-0.15, -0.1) is 0 Å². The van der Waals surface area contributed by atoms with Crippen molar-refractivity contribution in [3.8, 4) is 11.5 Å². The molecule has 1 atom stereocenters. The van der Waals surface area contributed by atoms with Gasteiger partial charge in [0, 0.05) is 13.1 Å². The van der Waals surface area contributed by atoms with Crippen LogP contribution in [0.4, 0.5) is 5.69 Å². The number of carbonyl (C=O) groups excluding carboxylic acids is 2. The molecular weight excluding hydrogens is 554 g/mol. The standard InChI is InChI=1S/C32H41N3O6S/c1-7-28(32(37)33-20-23(2)3)34(21-25-11-10-12-26(19-25)40-5)31(36)22-35(29-13-8-9-14-30(29)41-6)42(38,39)27-17-15-24(4)16-18-27/h8-19,23,28H,7,20-22H2,1-6H3,(H,33,37)/t28-/m0/s1. The molecule has 0 aliphatic rings. The molecule has 0 bridgehead atoms. The fourth-order valence-electron chi connectivity index (χ4n) is 4.50. The Hall–Kier alpha value is -4.05. The summed E-state index contributed by atoms with van der Waals surface area (Å²) in [6, 6.07) is 19.5. The molecule has 0 spiro atoms. The number of para-hydroxylation sites is 2. The van der Waals surface area contributed by atoms with Gasteiger partial charge in [0.15, 0.2) is 0 Å². The van der Waals surface area contributed by atoms with Gasteiger partial charge in [0.05, 0.1) is 24.8 Å². The minimum atomic E-state index is -4.20. The lowest BCUT2D eigenvalue weighted by Gasteiger charge is -2.33. The van der Waals surface area contributed by atoms with Gasteiger partial charge in [-0.2, -0.15) is 0 Å². The molecular formula is C32H41N3O6S. The third kappa shape index (κ3) is 8.03. The summed E-state index contributed by atoms with van der Waals surface area (Å²) in [4.78, 5) is 29.1. The maximum Gasteiger partial charge on any atom is 0.264 e. The van der Waals surface area contributed by atoms with E-state index in [1.54, 1.807) is 61.7 Å². The van der Waals surface area contributed by atoms with E-state index >= 15 is 0 Å². The number of rotatable bonds is 14. The minimum Gasteiger partial charge on any atom is -0.497 e. The molecule has 3 aromatic rings. The number of nitrogens with one attached hydrogen (secondary N) is 1. The molecule has 0 radical (unpaired) electrons.